The van der Waals surface area contributed by atoms with Crippen molar-refractivity contribution in [2.24, 2.45) is 11.7 Å². The van der Waals surface area contributed by atoms with Gasteiger partial charge in [0.2, 0.25) is 11.8 Å². The van der Waals surface area contributed by atoms with Crippen molar-refractivity contribution in [2.45, 2.75) is 46.2 Å². The molecule has 0 aliphatic heterocycles. The van der Waals surface area contributed by atoms with Crippen LogP contribution in [0.15, 0.2) is 72.8 Å². The molecule has 39 heavy (non-hydrogen) atoms. The Morgan fingerprint density at radius 1 is 0.872 bits per heavy atom. The van der Waals surface area contributed by atoms with Crippen LogP contribution in [-0.2, 0) is 22.6 Å². The number of nitrogens with two attached hydrogens (primary N) is 1. The Morgan fingerprint density at radius 3 is 2.08 bits per heavy atom. The molecule has 0 fully saturated rings. The number of para-hydroxylation sites is 1. The minimum Gasteiger partial charge on any atom is -0.478 e. The average Bonchev–Trinajstić information content (AvgIpc) is 2.89. The first-order valence-corrected chi connectivity index (χ1v) is 12.7. The van der Waals surface area contributed by atoms with E-state index in [1.165, 1.54) is 12.1 Å². The summed E-state index contributed by atoms with van der Waals surface area (Å²) < 4.78 is 0. The summed E-state index contributed by atoms with van der Waals surface area (Å²) in [6.45, 7) is 5.76. The van der Waals surface area contributed by atoms with E-state index in [0.717, 1.165) is 10.5 Å². The molecule has 3 rings (SSSR count). The first-order chi connectivity index (χ1) is 18.5. The average molecular weight is 531 g/mol. The van der Waals surface area contributed by atoms with Crippen molar-refractivity contribution in [3.05, 3.63) is 95.1 Å². The van der Waals surface area contributed by atoms with Gasteiger partial charge in [-0.25, -0.2) is 9.59 Å². The number of carboxylic acid groups (broad SMARTS) is 1. The van der Waals surface area contributed by atoms with E-state index in [4.69, 9.17) is 10.8 Å². The van der Waals surface area contributed by atoms with Crippen LogP contribution in [0.5, 0.6) is 0 Å². The lowest BCUT2D eigenvalue weighted by molar-refractivity contribution is -0.146. The van der Waals surface area contributed by atoms with Crippen molar-refractivity contribution >= 4 is 35.2 Å². The largest absolute Gasteiger partial charge is 0.478 e. The van der Waals surface area contributed by atoms with Gasteiger partial charge in [-0.1, -0.05) is 56.3 Å². The number of aryl methyl sites for hydroxylation is 1. The van der Waals surface area contributed by atoms with Crippen LogP contribution in [0.25, 0.3) is 0 Å². The molecule has 0 spiro atoms. The number of anilines is 2. The van der Waals surface area contributed by atoms with Gasteiger partial charge in [0, 0.05) is 11.4 Å². The molecule has 0 radical (unpaired) electrons. The third-order valence-corrected chi connectivity index (χ3v) is 6.11. The highest BCUT2D eigenvalue weighted by Crippen LogP contribution is 2.17. The highest BCUT2D eigenvalue weighted by Gasteiger charge is 2.27. The normalized spacial score (nSPS) is 11.5. The van der Waals surface area contributed by atoms with Gasteiger partial charge in [-0.15, -0.1) is 0 Å². The van der Waals surface area contributed by atoms with E-state index in [2.05, 4.69) is 10.6 Å². The number of benzene rings is 3. The fourth-order valence-corrected chi connectivity index (χ4v) is 4.01. The van der Waals surface area contributed by atoms with Gasteiger partial charge in [0.15, 0.2) is 0 Å². The maximum Gasteiger partial charge on any atom is 0.335 e. The molecule has 0 aliphatic rings. The summed E-state index contributed by atoms with van der Waals surface area (Å²) in [5, 5.41) is 14.7. The first-order valence-electron chi connectivity index (χ1n) is 12.7. The summed E-state index contributed by atoms with van der Waals surface area (Å²) in [5.41, 5.74) is 9.69. The maximum absolute atomic E-state index is 13.3. The Labute approximate surface area is 228 Å². The second-order valence-corrected chi connectivity index (χ2v) is 9.82. The summed E-state index contributed by atoms with van der Waals surface area (Å²) in [6.07, 6.45) is 0.370. The molecule has 0 bridgehead atoms. The Morgan fingerprint density at radius 2 is 1.49 bits per heavy atom. The van der Waals surface area contributed by atoms with Gasteiger partial charge in [0.05, 0.1) is 24.6 Å². The first kappa shape index (κ1) is 29.1. The summed E-state index contributed by atoms with van der Waals surface area (Å²) in [6, 6.07) is 19.0. The molecular formula is C30H34N4O5. The van der Waals surface area contributed by atoms with Gasteiger partial charge >= 0.3 is 12.0 Å². The summed E-state index contributed by atoms with van der Waals surface area (Å²) in [5.74, 6) is -1.81. The molecule has 0 aromatic heterocycles. The Hall–Kier alpha value is -4.50. The van der Waals surface area contributed by atoms with Gasteiger partial charge in [0.25, 0.3) is 0 Å². The third kappa shape index (κ3) is 8.51. The molecule has 9 heteroatoms. The van der Waals surface area contributed by atoms with E-state index in [9.17, 15) is 19.2 Å². The zero-order chi connectivity index (χ0) is 28.5. The van der Waals surface area contributed by atoms with Crippen LogP contribution in [0, 0.1) is 12.8 Å². The van der Waals surface area contributed by atoms with Crippen LogP contribution in [-0.4, -0.2) is 39.9 Å². The standard InChI is InChI=1S/C30H34N4O5/c1-19(2)16-25(31)28(36)34(18-22-8-12-23(13-9-22)29(37)38)27(35)17-21-10-14-24(15-11-21)32-30(39)33-26-7-5-4-6-20(26)3/h4-15,19,25H,16-18,31H2,1-3H3,(H,37,38)(H2,32,33,39)/t25-/m0/s1. The van der Waals surface area contributed by atoms with Crippen molar-refractivity contribution in [3.8, 4) is 0 Å². The van der Waals surface area contributed by atoms with Crippen LogP contribution in [0.4, 0.5) is 16.2 Å². The summed E-state index contributed by atoms with van der Waals surface area (Å²) in [7, 11) is 0. The molecule has 3 aromatic carbocycles. The maximum atomic E-state index is 13.3. The lowest BCUT2D eigenvalue weighted by Crippen LogP contribution is -2.47. The van der Waals surface area contributed by atoms with Crippen molar-refractivity contribution in [1.82, 2.24) is 4.90 Å². The molecule has 3 aromatic rings. The monoisotopic (exact) mass is 530 g/mol. The quantitative estimate of drug-likeness (QED) is 0.296. The van der Waals surface area contributed by atoms with Crippen LogP contribution in [0.2, 0.25) is 0 Å². The molecule has 204 valence electrons. The molecule has 0 heterocycles. The molecule has 0 aliphatic carbocycles. The summed E-state index contributed by atoms with van der Waals surface area (Å²) >= 11 is 0. The molecule has 5 N–H and O–H groups in total. The topological polar surface area (TPSA) is 142 Å². The highest BCUT2D eigenvalue weighted by atomic mass is 16.4. The number of carbonyl (C=O) groups excluding carboxylic acids is 3. The number of aromatic carboxylic acids is 1. The van der Waals surface area contributed by atoms with Crippen molar-refractivity contribution in [1.29, 1.82) is 0 Å². The third-order valence-electron chi connectivity index (χ3n) is 6.11. The van der Waals surface area contributed by atoms with Gasteiger partial charge in [-0.2, -0.15) is 0 Å². The van der Waals surface area contributed by atoms with Crippen molar-refractivity contribution in [3.63, 3.8) is 0 Å². The van der Waals surface area contributed by atoms with Crippen LogP contribution < -0.4 is 16.4 Å². The van der Waals surface area contributed by atoms with Gasteiger partial charge in [-0.3, -0.25) is 14.5 Å². The molecular weight excluding hydrogens is 496 g/mol. The number of hydrogen-bond donors (Lipinski definition) is 4. The number of carbonyl (C=O) groups is 4. The Bertz CT molecular complexity index is 1320. The Balaban J connectivity index is 1.69. The van der Waals surface area contributed by atoms with Crippen molar-refractivity contribution < 1.29 is 24.3 Å². The highest BCUT2D eigenvalue weighted by molar-refractivity contribution is 6.00. The predicted octanol–water partition coefficient (Wildman–Crippen LogP) is 4.81. The minimum absolute atomic E-state index is 0.0257. The van der Waals surface area contributed by atoms with Gasteiger partial charge in [-0.05, 0) is 66.3 Å². The van der Waals surface area contributed by atoms with E-state index in [0.29, 0.717) is 28.9 Å². The van der Waals surface area contributed by atoms with E-state index in [1.807, 2.05) is 45.0 Å². The van der Waals surface area contributed by atoms with Gasteiger partial charge < -0.3 is 21.5 Å². The second-order valence-electron chi connectivity index (χ2n) is 9.82. The molecule has 9 nitrogen and oxygen atoms in total. The van der Waals surface area contributed by atoms with E-state index in [-0.39, 0.29) is 24.4 Å². The number of amides is 4. The number of nitrogens with one attached hydrogen (secondary N) is 2. The zero-order valence-corrected chi connectivity index (χ0v) is 22.3. The summed E-state index contributed by atoms with van der Waals surface area (Å²) in [4.78, 5) is 51.1. The molecule has 4 amide bonds. The number of nitrogens with zero attached hydrogens (tertiary/aromatic N) is 1. The predicted molar refractivity (Wildman–Crippen MR) is 150 cm³/mol. The smallest absolute Gasteiger partial charge is 0.335 e. The fraction of sp³-hybridized carbons (Fsp3) is 0.267. The van der Waals surface area contributed by atoms with Crippen molar-refractivity contribution in [2.75, 3.05) is 10.6 Å². The van der Waals surface area contributed by atoms with Crippen LogP contribution in [0.3, 0.4) is 0 Å². The molecule has 0 unspecified atom stereocenters. The minimum atomic E-state index is -1.06. The lowest BCUT2D eigenvalue weighted by atomic mass is 10.0. The zero-order valence-electron chi connectivity index (χ0n) is 22.3. The van der Waals surface area contributed by atoms with Crippen LogP contribution >= 0.6 is 0 Å². The lowest BCUT2D eigenvalue weighted by Gasteiger charge is -2.25. The molecule has 1 atom stereocenters. The second kappa shape index (κ2) is 13.3. The Kier molecular flexibility index (Phi) is 9.94. The van der Waals surface area contributed by atoms with E-state index >= 15 is 0 Å². The fourth-order valence-electron chi connectivity index (χ4n) is 4.01. The number of carboxylic acids is 1. The van der Waals surface area contributed by atoms with Gasteiger partial charge in [0.1, 0.15) is 0 Å². The number of imide groups is 1. The number of rotatable bonds is 10. The van der Waals surface area contributed by atoms with Crippen LogP contribution in [0.1, 0.15) is 47.3 Å². The molecule has 0 saturated heterocycles. The van der Waals surface area contributed by atoms with E-state index < -0.39 is 29.9 Å². The number of urea groups is 1. The molecule has 0 saturated carbocycles. The van der Waals surface area contributed by atoms with E-state index in [1.54, 1.807) is 36.4 Å². The number of hydrogen-bond acceptors (Lipinski definition) is 5. The SMILES string of the molecule is Cc1ccccc1NC(=O)Nc1ccc(CC(=O)N(Cc2ccc(C(=O)O)cc2)C(=O)[C@@H](N)CC(C)C)cc1.